The molecule has 3 rings (SSSR count). The summed E-state index contributed by atoms with van der Waals surface area (Å²) in [6.45, 7) is 4.48. The van der Waals surface area contributed by atoms with Gasteiger partial charge < -0.3 is 15.5 Å². The fourth-order valence-corrected chi connectivity index (χ4v) is 2.75. The molecule has 0 spiro atoms. The molecule has 1 amide bonds. The van der Waals surface area contributed by atoms with Crippen molar-refractivity contribution < 1.29 is 4.79 Å². The first-order valence-electron chi connectivity index (χ1n) is 8.60. The molecule has 1 aromatic carbocycles. The van der Waals surface area contributed by atoms with Crippen LogP contribution in [0.5, 0.6) is 0 Å². The Morgan fingerprint density at radius 2 is 2.00 bits per heavy atom. The number of nitrogens with zero attached hydrogens (tertiary/aromatic N) is 4. The van der Waals surface area contributed by atoms with Gasteiger partial charge in [0, 0.05) is 38.6 Å². The van der Waals surface area contributed by atoms with E-state index in [4.69, 9.17) is 0 Å². The van der Waals surface area contributed by atoms with Gasteiger partial charge in [0.2, 0.25) is 0 Å². The van der Waals surface area contributed by atoms with E-state index in [2.05, 4.69) is 37.7 Å². The predicted molar refractivity (Wildman–Crippen MR) is 104 cm³/mol. The van der Waals surface area contributed by atoms with E-state index >= 15 is 0 Å². The lowest BCUT2D eigenvalue weighted by molar-refractivity contribution is 0.0944. The smallest absolute Gasteiger partial charge is 0.256 e. The van der Waals surface area contributed by atoms with Gasteiger partial charge in [-0.25, -0.2) is 9.50 Å². The lowest BCUT2D eigenvalue weighted by atomic mass is 10.1. The predicted octanol–water partition coefficient (Wildman–Crippen LogP) is 2.55. The third-order valence-corrected chi connectivity index (χ3v) is 3.97. The molecule has 0 bridgehead atoms. The summed E-state index contributed by atoms with van der Waals surface area (Å²) in [6, 6.07) is 10.1. The highest BCUT2D eigenvalue weighted by molar-refractivity contribution is 5.99. The molecule has 0 aliphatic rings. The Morgan fingerprint density at radius 1 is 1.23 bits per heavy atom. The minimum atomic E-state index is -0.169. The molecular formula is C19H24N6O. The molecular weight excluding hydrogens is 328 g/mol. The van der Waals surface area contributed by atoms with Crippen molar-refractivity contribution in [2.24, 2.45) is 0 Å². The molecule has 0 fully saturated rings. The van der Waals surface area contributed by atoms with Crippen LogP contribution < -0.4 is 15.5 Å². The highest BCUT2D eigenvalue weighted by atomic mass is 16.1. The maximum Gasteiger partial charge on any atom is 0.256 e. The molecule has 7 heteroatoms. The van der Waals surface area contributed by atoms with Crippen molar-refractivity contribution in [1.29, 1.82) is 0 Å². The van der Waals surface area contributed by atoms with E-state index in [9.17, 15) is 4.79 Å². The number of benzene rings is 1. The Bertz CT molecular complexity index is 915. The number of anilines is 2. The number of carbonyl (C=O) groups excluding carboxylic acids is 1. The van der Waals surface area contributed by atoms with Crippen molar-refractivity contribution in [3.05, 3.63) is 53.9 Å². The first-order chi connectivity index (χ1) is 12.5. The third-order valence-electron chi connectivity index (χ3n) is 3.97. The zero-order valence-corrected chi connectivity index (χ0v) is 15.5. The number of carbonyl (C=O) groups is 1. The lowest BCUT2D eigenvalue weighted by Crippen LogP contribution is -2.30. The van der Waals surface area contributed by atoms with Crippen LogP contribution in [0.4, 0.5) is 11.5 Å². The minimum Gasteiger partial charge on any atom is -0.377 e. The number of aromatic nitrogens is 3. The van der Waals surface area contributed by atoms with Crippen LogP contribution in [-0.4, -0.2) is 40.6 Å². The van der Waals surface area contributed by atoms with E-state index in [1.54, 1.807) is 16.9 Å². The number of fused-ring (bicyclic) bond motifs is 1. The highest BCUT2D eigenvalue weighted by Gasteiger charge is 2.15. The lowest BCUT2D eigenvalue weighted by Gasteiger charge is -2.17. The number of para-hydroxylation sites is 1. The summed E-state index contributed by atoms with van der Waals surface area (Å²) in [5.74, 6) is 0.530. The number of hydrogen-bond donors (Lipinski definition) is 2. The van der Waals surface area contributed by atoms with Crippen molar-refractivity contribution in [2.45, 2.75) is 26.4 Å². The molecule has 26 heavy (non-hydrogen) atoms. The summed E-state index contributed by atoms with van der Waals surface area (Å²) < 4.78 is 1.61. The van der Waals surface area contributed by atoms with E-state index in [1.165, 1.54) is 5.56 Å². The van der Waals surface area contributed by atoms with E-state index in [0.29, 0.717) is 23.6 Å². The van der Waals surface area contributed by atoms with Gasteiger partial charge >= 0.3 is 0 Å². The average Bonchev–Trinajstić information content (AvgIpc) is 3.02. The maximum atomic E-state index is 12.3. The molecule has 0 aliphatic carbocycles. The largest absolute Gasteiger partial charge is 0.377 e. The molecule has 136 valence electrons. The van der Waals surface area contributed by atoms with Crippen molar-refractivity contribution in [3.63, 3.8) is 0 Å². The molecule has 2 heterocycles. The third kappa shape index (κ3) is 3.77. The second-order valence-electron chi connectivity index (χ2n) is 6.64. The number of amides is 1. The van der Waals surface area contributed by atoms with Gasteiger partial charge in [-0.1, -0.05) is 18.2 Å². The Balaban J connectivity index is 1.82. The van der Waals surface area contributed by atoms with E-state index in [-0.39, 0.29) is 11.9 Å². The molecule has 7 nitrogen and oxygen atoms in total. The number of nitrogens with one attached hydrogen (secondary N) is 2. The van der Waals surface area contributed by atoms with E-state index < -0.39 is 0 Å². The molecule has 0 atom stereocenters. The summed E-state index contributed by atoms with van der Waals surface area (Å²) in [5, 5.41) is 10.4. The SMILES string of the molecule is CC(C)NC(=O)c1cnn2ccc(NCc3ccccc3N(C)C)nc12. The number of hydrogen-bond acceptors (Lipinski definition) is 5. The normalized spacial score (nSPS) is 11.0. The fourth-order valence-electron chi connectivity index (χ4n) is 2.75. The van der Waals surface area contributed by atoms with Crippen LogP contribution in [0.3, 0.4) is 0 Å². The summed E-state index contributed by atoms with van der Waals surface area (Å²) >= 11 is 0. The Labute approximate surface area is 153 Å². The quantitative estimate of drug-likeness (QED) is 0.713. The van der Waals surface area contributed by atoms with Crippen molar-refractivity contribution in [2.75, 3.05) is 24.3 Å². The molecule has 0 unspecified atom stereocenters. The second kappa shape index (κ2) is 7.43. The van der Waals surface area contributed by atoms with Gasteiger partial charge in [-0.05, 0) is 31.5 Å². The molecule has 2 N–H and O–H groups in total. The molecule has 0 radical (unpaired) electrons. The van der Waals surface area contributed by atoms with Crippen LogP contribution in [0.1, 0.15) is 29.8 Å². The summed E-state index contributed by atoms with van der Waals surface area (Å²) in [4.78, 5) is 19.0. The topological polar surface area (TPSA) is 74.6 Å². The first kappa shape index (κ1) is 17.7. The van der Waals surface area contributed by atoms with Crippen molar-refractivity contribution in [1.82, 2.24) is 19.9 Å². The van der Waals surface area contributed by atoms with Gasteiger partial charge in [0.25, 0.3) is 5.91 Å². The Morgan fingerprint density at radius 3 is 2.73 bits per heavy atom. The van der Waals surface area contributed by atoms with E-state index in [1.807, 2.05) is 46.1 Å². The Kier molecular flexibility index (Phi) is 5.06. The molecule has 0 saturated carbocycles. The second-order valence-corrected chi connectivity index (χ2v) is 6.64. The van der Waals surface area contributed by atoms with E-state index in [0.717, 1.165) is 5.69 Å². The van der Waals surface area contributed by atoms with Crippen LogP contribution >= 0.6 is 0 Å². The van der Waals surface area contributed by atoms with Crippen LogP contribution in [0.15, 0.2) is 42.7 Å². The van der Waals surface area contributed by atoms with Crippen LogP contribution in [-0.2, 0) is 6.54 Å². The Hall–Kier alpha value is -3.09. The summed E-state index contributed by atoms with van der Waals surface area (Å²) in [6.07, 6.45) is 3.35. The van der Waals surface area contributed by atoms with Crippen LogP contribution in [0, 0.1) is 0 Å². The molecule has 0 aliphatic heterocycles. The monoisotopic (exact) mass is 352 g/mol. The number of rotatable bonds is 6. The van der Waals surface area contributed by atoms with Crippen molar-refractivity contribution >= 4 is 23.1 Å². The maximum absolute atomic E-state index is 12.3. The zero-order chi connectivity index (χ0) is 18.7. The molecule has 3 aromatic rings. The average molecular weight is 352 g/mol. The minimum absolute atomic E-state index is 0.0568. The van der Waals surface area contributed by atoms with Gasteiger partial charge in [0.1, 0.15) is 11.4 Å². The standard InChI is InChI=1S/C19H24N6O/c1-13(2)22-19(26)15-12-21-25-10-9-17(23-18(15)25)20-11-14-7-5-6-8-16(14)24(3)4/h5-10,12-13H,11H2,1-4H3,(H,20,23)(H,22,26). The van der Waals surface area contributed by atoms with Crippen molar-refractivity contribution in [3.8, 4) is 0 Å². The van der Waals surface area contributed by atoms with Gasteiger partial charge in [0.05, 0.1) is 6.20 Å². The molecule has 2 aromatic heterocycles. The first-order valence-corrected chi connectivity index (χ1v) is 8.60. The fraction of sp³-hybridized carbons (Fsp3) is 0.316. The van der Waals surface area contributed by atoms with Gasteiger partial charge in [0.15, 0.2) is 5.65 Å². The zero-order valence-electron chi connectivity index (χ0n) is 15.5. The van der Waals surface area contributed by atoms with Gasteiger partial charge in [-0.2, -0.15) is 5.10 Å². The van der Waals surface area contributed by atoms with Gasteiger partial charge in [-0.15, -0.1) is 0 Å². The highest BCUT2D eigenvalue weighted by Crippen LogP contribution is 2.19. The molecule has 0 saturated heterocycles. The van der Waals surface area contributed by atoms with Crippen LogP contribution in [0.2, 0.25) is 0 Å². The van der Waals surface area contributed by atoms with Gasteiger partial charge in [-0.3, -0.25) is 4.79 Å². The van der Waals surface area contributed by atoms with Crippen LogP contribution in [0.25, 0.3) is 5.65 Å². The summed E-state index contributed by atoms with van der Waals surface area (Å²) in [5.41, 5.74) is 3.33. The summed E-state index contributed by atoms with van der Waals surface area (Å²) in [7, 11) is 4.05.